The van der Waals surface area contributed by atoms with E-state index >= 15 is 0 Å². The molecule has 3 aliphatic rings. The van der Waals surface area contributed by atoms with Crippen molar-refractivity contribution >= 4 is 34.5 Å². The van der Waals surface area contributed by atoms with Gasteiger partial charge in [0.25, 0.3) is 0 Å². The quantitative estimate of drug-likeness (QED) is 0.179. The number of anilines is 4. The highest BCUT2D eigenvalue weighted by molar-refractivity contribution is 5.84. The molecule has 0 fully saturated rings. The van der Waals surface area contributed by atoms with Crippen molar-refractivity contribution in [2.45, 2.75) is 33.1 Å². The van der Waals surface area contributed by atoms with E-state index in [1.807, 2.05) is 12.1 Å². The monoisotopic (exact) mass is 618 g/mol. The van der Waals surface area contributed by atoms with E-state index in [1.54, 1.807) is 0 Å². The van der Waals surface area contributed by atoms with Crippen molar-refractivity contribution in [1.29, 1.82) is 0 Å². The lowest BCUT2D eigenvalue weighted by molar-refractivity contribution is 0.763. The van der Waals surface area contributed by atoms with E-state index < -0.39 is 0 Å². The predicted octanol–water partition coefficient (Wildman–Crippen LogP) is 10.2. The molecule has 48 heavy (non-hydrogen) atoms. The third kappa shape index (κ3) is 5.48. The third-order valence-corrected chi connectivity index (χ3v) is 9.73. The molecule has 0 saturated heterocycles. The van der Waals surface area contributed by atoms with Gasteiger partial charge in [0.05, 0.1) is 5.69 Å². The summed E-state index contributed by atoms with van der Waals surface area (Å²) in [7, 11) is 0. The van der Waals surface area contributed by atoms with Crippen LogP contribution in [0.2, 0.25) is 0 Å². The molecule has 0 aromatic heterocycles. The van der Waals surface area contributed by atoms with Crippen LogP contribution in [0.1, 0.15) is 30.4 Å². The molecule has 0 bridgehead atoms. The van der Waals surface area contributed by atoms with E-state index in [2.05, 4.69) is 175 Å². The molecular weight excluding hydrogens is 581 g/mol. The summed E-state index contributed by atoms with van der Waals surface area (Å²) >= 11 is 0. The zero-order chi connectivity index (χ0) is 32.5. The molecule has 3 aliphatic carbocycles. The van der Waals surface area contributed by atoms with Crippen LogP contribution in [0.25, 0.3) is 22.9 Å². The lowest BCUT2D eigenvalue weighted by Gasteiger charge is -2.33. The molecule has 5 aromatic rings. The lowest BCUT2D eigenvalue weighted by atomic mass is 9.86. The molecule has 8 rings (SSSR count). The maximum Gasteiger partial charge on any atom is 0.0971 e. The van der Waals surface area contributed by atoms with Crippen molar-refractivity contribution in [1.82, 2.24) is 0 Å². The number of nitrogens with zero attached hydrogens (tertiary/aromatic N) is 2. The topological polar surface area (TPSA) is 6.48 Å². The Balaban J connectivity index is 1.20. The standard InChI is InChI=1S/C46H38N2/c1-33-31-39(47(37-19-5-3-6-20-37)45-25-13-17-35-15-9-11-23-43(35)45)27-29-41(33)42-30-28-40(32-34(42)2)48(38-21-7-4-8-22-38)46-26-14-18-36-16-10-12-24-44(36)46/h3-7,9-13,15-16,18-21,23-25,27-32,35H,14,17,26H2,1-2H3. The van der Waals surface area contributed by atoms with E-state index in [4.69, 9.17) is 0 Å². The smallest absolute Gasteiger partial charge is 0.0971 e. The molecule has 0 saturated carbocycles. The van der Waals surface area contributed by atoms with Gasteiger partial charge in [-0.25, -0.2) is 0 Å². The largest absolute Gasteiger partial charge is 0.310 e. The highest BCUT2D eigenvalue weighted by atomic mass is 15.2. The van der Waals surface area contributed by atoms with Gasteiger partial charge in [-0.2, -0.15) is 0 Å². The number of fused-ring (bicyclic) bond motifs is 2. The summed E-state index contributed by atoms with van der Waals surface area (Å²) in [5.74, 6) is 0.409. The van der Waals surface area contributed by atoms with E-state index in [0.29, 0.717) is 5.92 Å². The molecule has 2 heteroatoms. The van der Waals surface area contributed by atoms with Crippen molar-refractivity contribution in [3.63, 3.8) is 0 Å². The molecule has 1 unspecified atom stereocenters. The Kier molecular flexibility index (Phi) is 7.89. The first-order valence-corrected chi connectivity index (χ1v) is 16.9. The van der Waals surface area contributed by atoms with Crippen molar-refractivity contribution in [3.8, 4) is 11.1 Å². The van der Waals surface area contributed by atoms with Gasteiger partial charge in [0.2, 0.25) is 0 Å². The highest BCUT2D eigenvalue weighted by Gasteiger charge is 2.24. The minimum absolute atomic E-state index is 0.409. The molecule has 0 amide bonds. The summed E-state index contributed by atoms with van der Waals surface area (Å²) in [6.07, 6.45) is 18.9. The molecular formula is C46H38N2. The van der Waals surface area contributed by atoms with E-state index in [0.717, 1.165) is 36.3 Å². The van der Waals surface area contributed by atoms with Crippen LogP contribution in [0, 0.1) is 31.9 Å². The van der Waals surface area contributed by atoms with Gasteiger partial charge in [0.1, 0.15) is 0 Å². The summed E-state index contributed by atoms with van der Waals surface area (Å²) in [6, 6.07) is 46.0. The van der Waals surface area contributed by atoms with E-state index in [-0.39, 0.29) is 0 Å². The van der Waals surface area contributed by atoms with Crippen LogP contribution in [-0.2, 0) is 0 Å². The first kappa shape index (κ1) is 29.6. The SMILES string of the molecule is Cc1cc(N(C2=c3ccccc3=CCC2)c2c#cccc2)ccc1-c1ccc(N(C2=C3C=CC=CC3CC=C2)c2ccccc2)cc1C. The average molecular weight is 619 g/mol. The summed E-state index contributed by atoms with van der Waals surface area (Å²) in [5.41, 5.74) is 13.4. The first-order valence-electron chi connectivity index (χ1n) is 16.9. The van der Waals surface area contributed by atoms with Gasteiger partial charge in [-0.15, -0.1) is 0 Å². The lowest BCUT2D eigenvalue weighted by Crippen LogP contribution is -2.34. The Morgan fingerprint density at radius 3 is 2.19 bits per heavy atom. The minimum Gasteiger partial charge on any atom is -0.310 e. The number of para-hydroxylation sites is 1. The van der Waals surface area contributed by atoms with Crippen molar-refractivity contribution in [2.75, 3.05) is 9.80 Å². The molecule has 0 heterocycles. The van der Waals surface area contributed by atoms with Gasteiger partial charge in [-0.05, 0) is 127 Å². The van der Waals surface area contributed by atoms with Crippen molar-refractivity contribution in [3.05, 3.63) is 191 Å². The van der Waals surface area contributed by atoms with Crippen LogP contribution in [-0.4, -0.2) is 0 Å². The second-order valence-electron chi connectivity index (χ2n) is 12.8. The van der Waals surface area contributed by atoms with Crippen LogP contribution in [0.3, 0.4) is 0 Å². The van der Waals surface area contributed by atoms with Crippen LogP contribution in [0.4, 0.5) is 22.7 Å². The van der Waals surface area contributed by atoms with Crippen LogP contribution >= 0.6 is 0 Å². The van der Waals surface area contributed by atoms with Gasteiger partial charge >= 0.3 is 0 Å². The van der Waals surface area contributed by atoms with Crippen LogP contribution < -0.4 is 20.2 Å². The molecule has 0 aliphatic heterocycles. The predicted molar refractivity (Wildman–Crippen MR) is 202 cm³/mol. The number of rotatable bonds is 7. The Morgan fingerprint density at radius 2 is 1.44 bits per heavy atom. The Hall–Kier alpha value is -5.78. The zero-order valence-electron chi connectivity index (χ0n) is 27.5. The normalized spacial score (nSPS) is 16.1. The Labute approximate surface area is 284 Å². The van der Waals surface area contributed by atoms with E-state index in [9.17, 15) is 0 Å². The van der Waals surface area contributed by atoms with Crippen LogP contribution in [0.5, 0.6) is 0 Å². The highest BCUT2D eigenvalue weighted by Crippen LogP contribution is 2.41. The maximum atomic E-state index is 3.39. The number of hydrogen-bond acceptors (Lipinski definition) is 2. The minimum atomic E-state index is 0.409. The fraction of sp³-hybridized carbons (Fsp3) is 0.130. The van der Waals surface area contributed by atoms with Gasteiger partial charge in [0.15, 0.2) is 0 Å². The molecule has 0 radical (unpaired) electrons. The van der Waals surface area contributed by atoms with Crippen molar-refractivity contribution in [2.24, 2.45) is 5.92 Å². The van der Waals surface area contributed by atoms with Gasteiger partial charge < -0.3 is 9.80 Å². The summed E-state index contributed by atoms with van der Waals surface area (Å²) < 4.78 is 0. The van der Waals surface area contributed by atoms with Crippen molar-refractivity contribution < 1.29 is 0 Å². The zero-order valence-corrected chi connectivity index (χ0v) is 27.5. The first-order chi connectivity index (χ1) is 23.7. The fourth-order valence-electron chi connectivity index (χ4n) is 7.46. The molecule has 232 valence electrons. The molecule has 1 atom stereocenters. The third-order valence-electron chi connectivity index (χ3n) is 9.73. The number of hydrogen-bond donors (Lipinski definition) is 0. The maximum absolute atomic E-state index is 3.39. The van der Waals surface area contributed by atoms with Gasteiger partial charge in [-0.1, -0.05) is 103 Å². The summed E-state index contributed by atoms with van der Waals surface area (Å²) in [4.78, 5) is 4.79. The van der Waals surface area contributed by atoms with Gasteiger partial charge in [-0.3, -0.25) is 0 Å². The van der Waals surface area contributed by atoms with Crippen LogP contribution in [0.15, 0.2) is 157 Å². The number of aryl methyl sites for hydroxylation is 2. The fourth-order valence-corrected chi connectivity index (χ4v) is 7.46. The van der Waals surface area contributed by atoms with E-state index in [1.165, 1.54) is 55.3 Å². The Bertz CT molecular complexity index is 2240. The molecule has 5 aromatic carbocycles. The summed E-state index contributed by atoms with van der Waals surface area (Å²) in [5, 5.41) is 2.58. The Morgan fingerprint density at radius 1 is 0.688 bits per heavy atom. The van der Waals surface area contributed by atoms with Gasteiger partial charge in [0, 0.05) is 39.6 Å². The average Bonchev–Trinajstić information content (AvgIpc) is 3.13. The number of benzene rings is 4. The second kappa shape index (κ2) is 12.8. The molecule has 0 N–H and O–H groups in total. The summed E-state index contributed by atoms with van der Waals surface area (Å²) in [6.45, 7) is 4.47. The second-order valence-corrected chi connectivity index (χ2v) is 12.8. The molecule has 2 nitrogen and oxygen atoms in total. The molecule has 0 spiro atoms. The number of allylic oxidation sites excluding steroid dienone is 7.